The molecule has 22 heavy (non-hydrogen) atoms. The minimum absolute atomic E-state index is 0.0227. The van der Waals surface area contributed by atoms with Gasteiger partial charge in [-0.05, 0) is 42.3 Å². The lowest BCUT2D eigenvalue weighted by atomic mass is 10.1. The van der Waals surface area contributed by atoms with Crippen LogP contribution in [0.4, 0.5) is 5.69 Å². The van der Waals surface area contributed by atoms with Crippen molar-refractivity contribution in [1.29, 1.82) is 5.26 Å². The Kier molecular flexibility index (Phi) is 5.65. The summed E-state index contributed by atoms with van der Waals surface area (Å²) in [6.45, 7) is 2.04. The maximum absolute atomic E-state index is 9.20. The van der Waals surface area contributed by atoms with E-state index in [-0.39, 0.29) is 19.3 Å². The summed E-state index contributed by atoms with van der Waals surface area (Å²) < 4.78 is 5.23. The first-order chi connectivity index (χ1) is 10.6. The minimum Gasteiger partial charge on any atom is -0.479 e. The molecule has 0 aliphatic carbocycles. The third-order valence-electron chi connectivity index (χ3n) is 3.27. The predicted molar refractivity (Wildman–Crippen MR) is 87.0 cm³/mol. The molecule has 2 aromatic carbocycles. The molecule has 0 bridgehead atoms. The van der Waals surface area contributed by atoms with Crippen LogP contribution in [0.5, 0.6) is 5.75 Å². The van der Waals surface area contributed by atoms with Crippen LogP contribution in [0.1, 0.15) is 24.1 Å². The molecule has 2 aromatic rings. The summed E-state index contributed by atoms with van der Waals surface area (Å²) in [6.07, 6.45) is 0. The molecule has 5 heteroatoms. The highest BCUT2D eigenvalue weighted by Crippen LogP contribution is 2.28. The third kappa shape index (κ3) is 4.14. The van der Waals surface area contributed by atoms with Gasteiger partial charge in [0, 0.05) is 6.04 Å². The van der Waals surface area contributed by atoms with Crippen molar-refractivity contribution in [1.82, 2.24) is 0 Å². The molecule has 0 spiro atoms. The zero-order chi connectivity index (χ0) is 15.9. The van der Waals surface area contributed by atoms with Crippen LogP contribution >= 0.6 is 11.6 Å². The number of aliphatic hydroxyl groups excluding tert-OH is 1. The molecule has 0 aliphatic rings. The zero-order valence-electron chi connectivity index (χ0n) is 12.2. The monoisotopic (exact) mass is 316 g/mol. The quantitative estimate of drug-likeness (QED) is 0.848. The number of aliphatic hydroxyl groups is 1. The number of anilines is 1. The van der Waals surface area contributed by atoms with Crippen LogP contribution in [-0.4, -0.2) is 11.7 Å². The van der Waals surface area contributed by atoms with Gasteiger partial charge in [-0.3, -0.25) is 0 Å². The maximum Gasteiger partial charge on any atom is 0.174 e. The van der Waals surface area contributed by atoms with Crippen LogP contribution in [0.3, 0.4) is 0 Å². The lowest BCUT2D eigenvalue weighted by Gasteiger charge is -2.18. The molecule has 1 atom stereocenters. The Hall–Kier alpha value is -2.22. The van der Waals surface area contributed by atoms with Gasteiger partial charge in [0.1, 0.15) is 11.8 Å². The Morgan fingerprint density at radius 1 is 1.27 bits per heavy atom. The Labute approximate surface area is 134 Å². The second-order valence-electron chi connectivity index (χ2n) is 4.85. The summed E-state index contributed by atoms with van der Waals surface area (Å²) in [5, 5.41) is 21.6. The van der Waals surface area contributed by atoms with Crippen molar-refractivity contribution in [3.05, 3.63) is 58.6 Å². The van der Waals surface area contributed by atoms with Crippen molar-refractivity contribution in [3.63, 3.8) is 0 Å². The van der Waals surface area contributed by atoms with Gasteiger partial charge in [0.25, 0.3) is 0 Å². The molecule has 2 N–H and O–H groups in total. The van der Waals surface area contributed by atoms with E-state index in [4.69, 9.17) is 21.6 Å². The maximum atomic E-state index is 9.20. The lowest BCUT2D eigenvalue weighted by molar-refractivity contribution is 0.282. The average molecular weight is 317 g/mol. The van der Waals surface area contributed by atoms with Gasteiger partial charge in [-0.25, -0.2) is 0 Å². The van der Waals surface area contributed by atoms with E-state index >= 15 is 0 Å². The van der Waals surface area contributed by atoms with Crippen LogP contribution in [0, 0.1) is 11.3 Å². The highest BCUT2D eigenvalue weighted by molar-refractivity contribution is 6.33. The summed E-state index contributed by atoms with van der Waals surface area (Å²) in [4.78, 5) is 0. The second-order valence-corrected chi connectivity index (χ2v) is 5.26. The molecule has 0 saturated heterocycles. The van der Waals surface area contributed by atoms with E-state index in [1.165, 1.54) is 0 Å². The second kappa shape index (κ2) is 7.69. The average Bonchev–Trinajstić information content (AvgIpc) is 2.55. The van der Waals surface area contributed by atoms with Crippen LogP contribution in [-0.2, 0) is 6.61 Å². The number of nitrogens with zero attached hydrogens (tertiary/aromatic N) is 1. The van der Waals surface area contributed by atoms with Crippen LogP contribution < -0.4 is 10.1 Å². The standard InChI is InChI=1S/C17H17ClN2O2/c1-12(14-3-5-15(6-4-14)22-9-8-19)20-17-10-13(11-21)2-7-16(17)18/h2-7,10,12,20-21H,9,11H2,1H3. The fourth-order valence-electron chi connectivity index (χ4n) is 2.07. The van der Waals surface area contributed by atoms with Gasteiger partial charge in [-0.1, -0.05) is 29.8 Å². The predicted octanol–water partition coefficient (Wildman–Crippen LogP) is 3.91. The Morgan fingerprint density at radius 3 is 2.64 bits per heavy atom. The number of rotatable bonds is 6. The number of benzene rings is 2. The molecule has 1 unspecified atom stereocenters. The van der Waals surface area contributed by atoms with E-state index in [0.717, 1.165) is 16.8 Å². The molecule has 4 nitrogen and oxygen atoms in total. The van der Waals surface area contributed by atoms with Crippen LogP contribution in [0.15, 0.2) is 42.5 Å². The highest BCUT2D eigenvalue weighted by atomic mass is 35.5. The van der Waals surface area contributed by atoms with Crippen molar-refractivity contribution < 1.29 is 9.84 Å². The van der Waals surface area contributed by atoms with E-state index in [1.54, 1.807) is 12.1 Å². The summed E-state index contributed by atoms with van der Waals surface area (Å²) in [5.41, 5.74) is 2.65. The SMILES string of the molecule is CC(Nc1cc(CO)ccc1Cl)c1ccc(OCC#N)cc1. The molecular weight excluding hydrogens is 300 g/mol. The van der Waals surface area contributed by atoms with Gasteiger partial charge in [0.05, 0.1) is 17.3 Å². The molecule has 2 rings (SSSR count). The van der Waals surface area contributed by atoms with Crippen LogP contribution in [0.2, 0.25) is 5.02 Å². The minimum atomic E-state index is -0.0227. The summed E-state index contributed by atoms with van der Waals surface area (Å²) in [5.74, 6) is 0.665. The summed E-state index contributed by atoms with van der Waals surface area (Å²) >= 11 is 6.17. The van der Waals surface area contributed by atoms with Gasteiger partial charge in [-0.15, -0.1) is 0 Å². The molecule has 0 aliphatic heterocycles. The van der Waals surface area contributed by atoms with Crippen molar-refractivity contribution in [2.75, 3.05) is 11.9 Å². The smallest absolute Gasteiger partial charge is 0.174 e. The number of nitrogens with one attached hydrogen (secondary N) is 1. The molecule has 0 aromatic heterocycles. The third-order valence-corrected chi connectivity index (χ3v) is 3.60. The Balaban J connectivity index is 2.08. The fraction of sp³-hybridized carbons (Fsp3) is 0.235. The van der Waals surface area contributed by atoms with Crippen molar-refractivity contribution in [2.45, 2.75) is 19.6 Å². The van der Waals surface area contributed by atoms with Crippen molar-refractivity contribution in [2.24, 2.45) is 0 Å². The topological polar surface area (TPSA) is 65.3 Å². The number of hydrogen-bond donors (Lipinski definition) is 2. The van der Waals surface area contributed by atoms with Gasteiger partial charge in [0.15, 0.2) is 6.61 Å². The first kappa shape index (κ1) is 16.2. The Bertz CT molecular complexity index is 665. The van der Waals surface area contributed by atoms with Gasteiger partial charge in [-0.2, -0.15) is 5.26 Å². The van der Waals surface area contributed by atoms with E-state index in [9.17, 15) is 5.11 Å². The largest absolute Gasteiger partial charge is 0.479 e. The van der Waals surface area contributed by atoms with Gasteiger partial charge in [0.2, 0.25) is 0 Å². The van der Waals surface area contributed by atoms with Crippen molar-refractivity contribution >= 4 is 17.3 Å². The first-order valence-corrected chi connectivity index (χ1v) is 7.27. The normalized spacial score (nSPS) is 11.5. The highest BCUT2D eigenvalue weighted by Gasteiger charge is 2.09. The van der Waals surface area contributed by atoms with Crippen LogP contribution in [0.25, 0.3) is 0 Å². The van der Waals surface area contributed by atoms with Gasteiger partial charge >= 0.3 is 0 Å². The number of nitriles is 1. The Morgan fingerprint density at radius 2 is 2.00 bits per heavy atom. The zero-order valence-corrected chi connectivity index (χ0v) is 13.0. The molecule has 0 radical (unpaired) electrons. The lowest BCUT2D eigenvalue weighted by Crippen LogP contribution is -2.07. The van der Waals surface area contributed by atoms with Gasteiger partial charge < -0.3 is 15.2 Å². The summed E-state index contributed by atoms with van der Waals surface area (Å²) in [7, 11) is 0. The number of hydrogen-bond acceptors (Lipinski definition) is 4. The molecule has 114 valence electrons. The molecular formula is C17H17ClN2O2. The molecule has 0 amide bonds. The first-order valence-electron chi connectivity index (χ1n) is 6.89. The van der Waals surface area contributed by atoms with E-state index in [1.807, 2.05) is 43.3 Å². The molecule has 0 fully saturated rings. The number of halogens is 1. The van der Waals surface area contributed by atoms with Crippen molar-refractivity contribution in [3.8, 4) is 11.8 Å². The molecule has 0 heterocycles. The molecule has 0 saturated carbocycles. The van der Waals surface area contributed by atoms with E-state index in [0.29, 0.717) is 10.8 Å². The fourth-order valence-corrected chi connectivity index (χ4v) is 2.24. The number of ether oxygens (including phenoxy) is 1. The van der Waals surface area contributed by atoms with E-state index in [2.05, 4.69) is 5.32 Å². The van der Waals surface area contributed by atoms with E-state index < -0.39 is 0 Å². The summed E-state index contributed by atoms with van der Waals surface area (Å²) in [6, 6.07) is 14.9.